The van der Waals surface area contributed by atoms with Crippen molar-refractivity contribution in [2.75, 3.05) is 5.32 Å². The lowest BCUT2D eigenvalue weighted by Crippen LogP contribution is -2.16. The molecular formula is C12H6BrClF2N2O. The number of hydrogen-bond acceptors (Lipinski definition) is 2. The number of carbonyl (C=O) groups is 1. The van der Waals surface area contributed by atoms with Crippen molar-refractivity contribution in [1.82, 2.24) is 4.98 Å². The topological polar surface area (TPSA) is 42.0 Å². The lowest BCUT2D eigenvalue weighted by Gasteiger charge is -2.08. The average Bonchev–Trinajstić information content (AvgIpc) is 2.30. The number of halogens is 4. The van der Waals surface area contributed by atoms with Crippen molar-refractivity contribution in [3.63, 3.8) is 0 Å². The van der Waals surface area contributed by atoms with Crippen molar-refractivity contribution in [3.05, 3.63) is 57.3 Å². The van der Waals surface area contributed by atoms with Crippen LogP contribution in [-0.4, -0.2) is 10.9 Å². The van der Waals surface area contributed by atoms with Crippen LogP contribution < -0.4 is 5.32 Å². The van der Waals surface area contributed by atoms with E-state index in [-0.39, 0.29) is 15.3 Å². The standard InChI is InChI=1S/C12H6BrClF2N2O/c13-6-4-7(15)10(8(16)5-6)12(19)18-9-2-1-3-17-11(9)14/h1-5H,(H,18,19). The molecular weight excluding hydrogens is 341 g/mol. The van der Waals surface area contributed by atoms with Crippen LogP contribution in [-0.2, 0) is 0 Å². The first-order valence-corrected chi connectivity index (χ1v) is 6.22. The van der Waals surface area contributed by atoms with Gasteiger partial charge in [0.2, 0.25) is 0 Å². The average molecular weight is 348 g/mol. The van der Waals surface area contributed by atoms with Crippen LogP contribution in [0.3, 0.4) is 0 Å². The monoisotopic (exact) mass is 346 g/mol. The quantitative estimate of drug-likeness (QED) is 0.834. The molecule has 0 saturated heterocycles. The van der Waals surface area contributed by atoms with Crippen molar-refractivity contribution in [2.45, 2.75) is 0 Å². The van der Waals surface area contributed by atoms with Crippen LogP contribution in [0.15, 0.2) is 34.9 Å². The van der Waals surface area contributed by atoms with Gasteiger partial charge in [0.05, 0.1) is 5.69 Å². The lowest BCUT2D eigenvalue weighted by atomic mass is 10.2. The fourth-order valence-corrected chi connectivity index (χ4v) is 1.99. The molecule has 0 unspecified atom stereocenters. The predicted octanol–water partition coefficient (Wildman–Crippen LogP) is 4.03. The first-order chi connectivity index (χ1) is 8.99. The highest BCUT2D eigenvalue weighted by atomic mass is 79.9. The summed E-state index contributed by atoms with van der Waals surface area (Å²) in [6.07, 6.45) is 1.43. The summed E-state index contributed by atoms with van der Waals surface area (Å²) in [7, 11) is 0. The van der Waals surface area contributed by atoms with Crippen LogP contribution in [0.2, 0.25) is 5.15 Å². The molecule has 0 fully saturated rings. The molecule has 1 aromatic heterocycles. The molecule has 7 heteroatoms. The zero-order chi connectivity index (χ0) is 14.0. The Bertz CT molecular complexity index is 628. The number of benzene rings is 1. The highest BCUT2D eigenvalue weighted by Gasteiger charge is 2.19. The van der Waals surface area contributed by atoms with E-state index in [9.17, 15) is 13.6 Å². The molecule has 98 valence electrons. The zero-order valence-corrected chi connectivity index (χ0v) is 11.6. The first kappa shape index (κ1) is 13.9. The molecule has 2 aromatic rings. The number of rotatable bonds is 2. The van der Waals surface area contributed by atoms with Gasteiger partial charge in [-0.25, -0.2) is 13.8 Å². The van der Waals surface area contributed by atoms with Crippen LogP contribution in [0.5, 0.6) is 0 Å². The van der Waals surface area contributed by atoms with Gasteiger partial charge in [-0.2, -0.15) is 0 Å². The van der Waals surface area contributed by atoms with E-state index in [1.54, 1.807) is 0 Å². The van der Waals surface area contributed by atoms with Gasteiger partial charge in [0.15, 0.2) is 5.15 Å². The summed E-state index contributed by atoms with van der Waals surface area (Å²) in [5.74, 6) is -2.87. The van der Waals surface area contributed by atoms with Crippen LogP contribution >= 0.6 is 27.5 Å². The highest BCUT2D eigenvalue weighted by molar-refractivity contribution is 9.10. The summed E-state index contributed by atoms with van der Waals surface area (Å²) in [6.45, 7) is 0. The maximum atomic E-state index is 13.6. The van der Waals surface area contributed by atoms with E-state index >= 15 is 0 Å². The highest BCUT2D eigenvalue weighted by Crippen LogP contribution is 2.22. The number of carbonyl (C=O) groups excluding carboxylic acids is 1. The minimum atomic E-state index is -0.968. The van der Waals surface area contributed by atoms with E-state index in [0.29, 0.717) is 0 Å². The minimum absolute atomic E-state index is 0.0359. The van der Waals surface area contributed by atoms with Crippen LogP contribution in [0, 0.1) is 11.6 Å². The number of pyridine rings is 1. The van der Waals surface area contributed by atoms with Gasteiger partial charge in [-0.15, -0.1) is 0 Å². The summed E-state index contributed by atoms with van der Waals surface area (Å²) >= 11 is 8.67. The second-order valence-corrected chi connectivity index (χ2v) is 4.81. The molecule has 1 amide bonds. The van der Waals surface area contributed by atoms with Gasteiger partial charge < -0.3 is 5.32 Å². The molecule has 3 nitrogen and oxygen atoms in total. The normalized spacial score (nSPS) is 10.3. The molecule has 0 saturated carbocycles. The number of amides is 1. The molecule has 0 atom stereocenters. The maximum absolute atomic E-state index is 13.6. The van der Waals surface area contributed by atoms with Crippen LogP contribution in [0.25, 0.3) is 0 Å². The summed E-state index contributed by atoms with van der Waals surface area (Å²) in [4.78, 5) is 15.6. The van der Waals surface area contributed by atoms with E-state index in [1.165, 1.54) is 18.3 Å². The van der Waals surface area contributed by atoms with Gasteiger partial charge in [-0.05, 0) is 24.3 Å². The largest absolute Gasteiger partial charge is 0.319 e. The second kappa shape index (κ2) is 5.63. The van der Waals surface area contributed by atoms with Crippen molar-refractivity contribution >= 4 is 39.1 Å². The van der Waals surface area contributed by atoms with E-state index < -0.39 is 23.1 Å². The Hall–Kier alpha value is -1.53. The van der Waals surface area contributed by atoms with Crippen molar-refractivity contribution < 1.29 is 13.6 Å². The summed E-state index contributed by atoms with van der Waals surface area (Å²) in [5, 5.41) is 2.33. The molecule has 0 bridgehead atoms. The van der Waals surface area contributed by atoms with Gasteiger partial charge in [-0.3, -0.25) is 4.79 Å². The van der Waals surface area contributed by atoms with E-state index in [0.717, 1.165) is 12.1 Å². The third-order valence-corrected chi connectivity index (χ3v) is 3.00. The molecule has 19 heavy (non-hydrogen) atoms. The lowest BCUT2D eigenvalue weighted by molar-refractivity contribution is 0.101. The maximum Gasteiger partial charge on any atom is 0.261 e. The Labute approximate surface area is 120 Å². The van der Waals surface area contributed by atoms with Gasteiger partial charge in [0, 0.05) is 10.7 Å². The fraction of sp³-hybridized carbons (Fsp3) is 0. The molecule has 0 aliphatic heterocycles. The minimum Gasteiger partial charge on any atom is -0.319 e. The Morgan fingerprint density at radius 1 is 1.32 bits per heavy atom. The van der Waals surface area contributed by atoms with Crippen molar-refractivity contribution in [3.8, 4) is 0 Å². The Kier molecular flexibility index (Phi) is 4.11. The summed E-state index contributed by atoms with van der Waals surface area (Å²) < 4.78 is 27.4. The fourth-order valence-electron chi connectivity index (χ4n) is 1.42. The molecule has 0 radical (unpaired) electrons. The molecule has 0 aliphatic rings. The number of aromatic nitrogens is 1. The van der Waals surface area contributed by atoms with E-state index in [2.05, 4.69) is 26.2 Å². The smallest absolute Gasteiger partial charge is 0.261 e. The molecule has 1 aromatic carbocycles. The third kappa shape index (κ3) is 3.08. The zero-order valence-electron chi connectivity index (χ0n) is 9.25. The number of nitrogens with one attached hydrogen (secondary N) is 1. The molecule has 0 aliphatic carbocycles. The number of anilines is 1. The predicted molar refractivity (Wildman–Crippen MR) is 71.3 cm³/mol. The van der Waals surface area contributed by atoms with Crippen molar-refractivity contribution in [1.29, 1.82) is 0 Å². The van der Waals surface area contributed by atoms with Crippen LogP contribution in [0.4, 0.5) is 14.5 Å². The van der Waals surface area contributed by atoms with Gasteiger partial charge in [-0.1, -0.05) is 27.5 Å². The first-order valence-electron chi connectivity index (χ1n) is 5.05. The molecule has 1 heterocycles. The van der Waals surface area contributed by atoms with Crippen LogP contribution in [0.1, 0.15) is 10.4 Å². The molecule has 1 N–H and O–H groups in total. The summed E-state index contributed by atoms with van der Waals surface area (Å²) in [6, 6.07) is 5.02. The summed E-state index contributed by atoms with van der Waals surface area (Å²) in [5.41, 5.74) is -0.501. The Morgan fingerprint density at radius 2 is 1.95 bits per heavy atom. The Morgan fingerprint density at radius 3 is 2.53 bits per heavy atom. The van der Waals surface area contributed by atoms with E-state index in [1.807, 2.05) is 0 Å². The number of nitrogens with zero attached hydrogens (tertiary/aromatic N) is 1. The second-order valence-electron chi connectivity index (χ2n) is 3.54. The molecule has 2 rings (SSSR count). The SMILES string of the molecule is O=C(Nc1cccnc1Cl)c1c(F)cc(Br)cc1F. The third-order valence-electron chi connectivity index (χ3n) is 2.24. The number of hydrogen-bond donors (Lipinski definition) is 1. The van der Waals surface area contributed by atoms with Gasteiger partial charge >= 0.3 is 0 Å². The molecule has 0 spiro atoms. The Balaban J connectivity index is 2.34. The van der Waals surface area contributed by atoms with Gasteiger partial charge in [0.25, 0.3) is 5.91 Å². The van der Waals surface area contributed by atoms with Crippen molar-refractivity contribution in [2.24, 2.45) is 0 Å². The van der Waals surface area contributed by atoms with Gasteiger partial charge in [0.1, 0.15) is 17.2 Å². The van der Waals surface area contributed by atoms with E-state index in [4.69, 9.17) is 11.6 Å².